The van der Waals surface area contributed by atoms with E-state index < -0.39 is 0 Å². The van der Waals surface area contributed by atoms with Gasteiger partial charge in [-0.15, -0.1) is 0 Å². The molecular weight excluding hydrogens is 240 g/mol. The highest BCUT2D eigenvalue weighted by atomic mass is 16.5. The summed E-state index contributed by atoms with van der Waals surface area (Å²) >= 11 is 0. The van der Waals surface area contributed by atoms with Crippen molar-refractivity contribution >= 4 is 5.78 Å². The second kappa shape index (κ2) is 5.61. The first-order valence-electron chi connectivity index (χ1n) is 6.08. The molecule has 4 nitrogen and oxygen atoms in total. The maximum absolute atomic E-state index is 12.4. The Bertz CT molecular complexity index is 582. The molecule has 0 aliphatic carbocycles. The molecule has 0 saturated carbocycles. The Morgan fingerprint density at radius 1 is 1.32 bits per heavy atom. The molecule has 0 aliphatic heterocycles. The summed E-state index contributed by atoms with van der Waals surface area (Å²) < 4.78 is 5.07. The highest BCUT2D eigenvalue weighted by molar-refractivity contribution is 6.00. The Morgan fingerprint density at radius 3 is 2.58 bits per heavy atom. The van der Waals surface area contributed by atoms with Gasteiger partial charge in [-0.05, 0) is 30.2 Å². The van der Waals surface area contributed by atoms with E-state index in [1.54, 1.807) is 37.8 Å². The van der Waals surface area contributed by atoms with Crippen molar-refractivity contribution < 1.29 is 9.53 Å². The third-order valence-electron chi connectivity index (χ3n) is 3.16. The minimum absolute atomic E-state index is 0.0671. The first-order chi connectivity index (χ1) is 9.13. The minimum atomic E-state index is -0.235. The maximum Gasteiger partial charge on any atom is 0.213 e. The minimum Gasteiger partial charge on any atom is -0.481 e. The molecule has 0 fully saturated rings. The second-order valence-corrected chi connectivity index (χ2v) is 4.41. The van der Waals surface area contributed by atoms with Gasteiger partial charge in [-0.1, -0.05) is 6.92 Å². The van der Waals surface area contributed by atoms with Crippen molar-refractivity contribution in [3.05, 3.63) is 53.5 Å². The van der Waals surface area contributed by atoms with E-state index in [0.29, 0.717) is 11.4 Å². The van der Waals surface area contributed by atoms with Crippen LogP contribution in [0.3, 0.4) is 0 Å². The molecule has 1 unspecified atom stereocenters. The van der Waals surface area contributed by atoms with E-state index in [4.69, 9.17) is 4.74 Å². The van der Waals surface area contributed by atoms with Crippen LogP contribution in [0, 0.1) is 6.92 Å². The first-order valence-corrected chi connectivity index (χ1v) is 6.08. The van der Waals surface area contributed by atoms with E-state index in [0.717, 1.165) is 11.1 Å². The molecule has 19 heavy (non-hydrogen) atoms. The molecule has 2 rings (SSSR count). The molecular formula is C15H16N2O2. The summed E-state index contributed by atoms with van der Waals surface area (Å²) in [5.41, 5.74) is 2.59. The lowest BCUT2D eigenvalue weighted by atomic mass is 9.91. The van der Waals surface area contributed by atoms with Crippen molar-refractivity contribution in [1.29, 1.82) is 0 Å². The van der Waals surface area contributed by atoms with E-state index in [1.165, 1.54) is 0 Å². The fraction of sp³-hybridized carbons (Fsp3) is 0.267. The molecule has 98 valence electrons. The van der Waals surface area contributed by atoms with Crippen LogP contribution < -0.4 is 4.74 Å². The van der Waals surface area contributed by atoms with Gasteiger partial charge in [0, 0.05) is 36.1 Å². The van der Waals surface area contributed by atoms with Crippen molar-refractivity contribution in [2.75, 3.05) is 7.11 Å². The summed E-state index contributed by atoms with van der Waals surface area (Å²) in [5.74, 6) is 0.392. The number of ether oxygens (including phenoxy) is 1. The lowest BCUT2D eigenvalue weighted by Gasteiger charge is -2.14. The van der Waals surface area contributed by atoms with Crippen LogP contribution in [0.4, 0.5) is 0 Å². The first kappa shape index (κ1) is 13.2. The maximum atomic E-state index is 12.4. The number of carbonyl (C=O) groups excluding carboxylic acids is 1. The number of carbonyl (C=O) groups is 1. The third-order valence-corrected chi connectivity index (χ3v) is 3.16. The van der Waals surface area contributed by atoms with Gasteiger partial charge in [-0.2, -0.15) is 0 Å². The number of aromatic nitrogens is 2. The van der Waals surface area contributed by atoms with Crippen molar-refractivity contribution in [3.63, 3.8) is 0 Å². The number of hydrogen-bond donors (Lipinski definition) is 0. The monoisotopic (exact) mass is 256 g/mol. The summed E-state index contributed by atoms with van der Waals surface area (Å²) in [6.45, 7) is 3.84. The van der Waals surface area contributed by atoms with Gasteiger partial charge in [-0.25, -0.2) is 4.98 Å². The Hall–Kier alpha value is -2.23. The Labute approximate surface area is 112 Å². The average molecular weight is 256 g/mol. The van der Waals surface area contributed by atoms with Gasteiger partial charge in [0.25, 0.3) is 0 Å². The third kappa shape index (κ3) is 2.78. The normalized spacial score (nSPS) is 11.9. The SMILES string of the molecule is COc1cc(C)c(C(C)C(=O)c2ccncc2)cn1. The summed E-state index contributed by atoms with van der Waals surface area (Å²) in [5, 5.41) is 0. The molecule has 2 aromatic rings. The van der Waals surface area contributed by atoms with Crippen LogP contribution in [0.25, 0.3) is 0 Å². The lowest BCUT2D eigenvalue weighted by Crippen LogP contribution is -2.11. The molecule has 4 heteroatoms. The van der Waals surface area contributed by atoms with Crippen LogP contribution in [0.15, 0.2) is 36.8 Å². The summed E-state index contributed by atoms with van der Waals surface area (Å²) in [7, 11) is 1.58. The van der Waals surface area contributed by atoms with Gasteiger partial charge >= 0.3 is 0 Å². The largest absolute Gasteiger partial charge is 0.481 e. The average Bonchev–Trinajstić information content (AvgIpc) is 2.46. The summed E-state index contributed by atoms with van der Waals surface area (Å²) in [4.78, 5) is 20.5. The fourth-order valence-electron chi connectivity index (χ4n) is 2.01. The van der Waals surface area contributed by atoms with E-state index in [1.807, 2.05) is 19.9 Å². The highest BCUT2D eigenvalue weighted by Crippen LogP contribution is 2.24. The fourth-order valence-corrected chi connectivity index (χ4v) is 2.01. The van der Waals surface area contributed by atoms with Crippen LogP contribution in [-0.4, -0.2) is 22.9 Å². The molecule has 2 heterocycles. The van der Waals surface area contributed by atoms with E-state index in [2.05, 4.69) is 9.97 Å². The Balaban J connectivity index is 2.29. The molecule has 0 aliphatic rings. The number of nitrogens with zero attached hydrogens (tertiary/aromatic N) is 2. The molecule has 1 atom stereocenters. The van der Waals surface area contributed by atoms with Gasteiger partial charge in [-0.3, -0.25) is 9.78 Å². The van der Waals surface area contributed by atoms with E-state index >= 15 is 0 Å². The number of hydrogen-bond acceptors (Lipinski definition) is 4. The van der Waals surface area contributed by atoms with Crippen LogP contribution in [0.1, 0.15) is 34.3 Å². The predicted octanol–water partition coefficient (Wildman–Crippen LogP) is 2.78. The van der Waals surface area contributed by atoms with E-state index in [9.17, 15) is 4.79 Å². The van der Waals surface area contributed by atoms with Gasteiger partial charge in [0.2, 0.25) is 5.88 Å². The van der Waals surface area contributed by atoms with Crippen molar-refractivity contribution in [2.45, 2.75) is 19.8 Å². The van der Waals surface area contributed by atoms with Crippen molar-refractivity contribution in [1.82, 2.24) is 9.97 Å². The number of Topliss-reactive ketones (excluding diaryl/α,β-unsaturated/α-hetero) is 1. The number of pyridine rings is 2. The molecule has 0 saturated heterocycles. The van der Waals surface area contributed by atoms with E-state index in [-0.39, 0.29) is 11.7 Å². The Morgan fingerprint density at radius 2 is 2.00 bits per heavy atom. The zero-order valence-electron chi connectivity index (χ0n) is 11.3. The molecule has 0 amide bonds. The molecule has 0 aromatic carbocycles. The second-order valence-electron chi connectivity index (χ2n) is 4.41. The van der Waals surface area contributed by atoms with Crippen LogP contribution >= 0.6 is 0 Å². The number of rotatable bonds is 4. The zero-order chi connectivity index (χ0) is 13.8. The zero-order valence-corrected chi connectivity index (χ0v) is 11.3. The summed E-state index contributed by atoms with van der Waals surface area (Å²) in [6, 6.07) is 5.29. The lowest BCUT2D eigenvalue weighted by molar-refractivity contribution is 0.0965. The van der Waals surface area contributed by atoms with Gasteiger partial charge in [0.1, 0.15) is 0 Å². The molecule has 2 aromatic heterocycles. The molecule has 0 bridgehead atoms. The van der Waals surface area contributed by atoms with Crippen LogP contribution in [-0.2, 0) is 0 Å². The predicted molar refractivity (Wildman–Crippen MR) is 72.5 cm³/mol. The number of methoxy groups -OCH3 is 1. The van der Waals surface area contributed by atoms with Crippen molar-refractivity contribution in [3.8, 4) is 5.88 Å². The van der Waals surface area contributed by atoms with Gasteiger partial charge < -0.3 is 4.74 Å². The molecule has 0 spiro atoms. The topological polar surface area (TPSA) is 52.1 Å². The Kier molecular flexibility index (Phi) is 3.90. The number of aryl methyl sites for hydroxylation is 1. The van der Waals surface area contributed by atoms with Gasteiger partial charge in [0.05, 0.1) is 7.11 Å². The number of ketones is 1. The standard InChI is InChI=1S/C15H16N2O2/c1-10-8-14(19-3)17-9-13(10)11(2)15(18)12-4-6-16-7-5-12/h4-9,11H,1-3H3. The molecule has 0 N–H and O–H groups in total. The van der Waals surface area contributed by atoms with Crippen molar-refractivity contribution in [2.24, 2.45) is 0 Å². The summed E-state index contributed by atoms with van der Waals surface area (Å²) in [6.07, 6.45) is 4.95. The highest BCUT2D eigenvalue weighted by Gasteiger charge is 2.19. The van der Waals surface area contributed by atoms with Gasteiger partial charge in [0.15, 0.2) is 5.78 Å². The van der Waals surface area contributed by atoms with Crippen LogP contribution in [0.2, 0.25) is 0 Å². The smallest absolute Gasteiger partial charge is 0.213 e. The van der Waals surface area contributed by atoms with Crippen LogP contribution in [0.5, 0.6) is 5.88 Å². The molecule has 0 radical (unpaired) electrons. The quantitative estimate of drug-likeness (QED) is 0.789.